The highest BCUT2D eigenvalue weighted by atomic mass is 32.2. The lowest BCUT2D eigenvalue weighted by Gasteiger charge is -2.10. The van der Waals surface area contributed by atoms with Crippen LogP contribution in [0.5, 0.6) is 0 Å². The van der Waals surface area contributed by atoms with Crippen molar-refractivity contribution in [2.45, 2.75) is 13.3 Å². The fraction of sp³-hybridized carbons (Fsp3) is 0.143. The van der Waals surface area contributed by atoms with Gasteiger partial charge in [0.1, 0.15) is 5.82 Å². The number of aromatic nitrogens is 3. The summed E-state index contributed by atoms with van der Waals surface area (Å²) in [7, 11) is 0. The number of anilines is 4. The van der Waals surface area contributed by atoms with Gasteiger partial charge in [-0.25, -0.2) is 9.71 Å². The van der Waals surface area contributed by atoms with Crippen molar-refractivity contribution in [2.75, 3.05) is 17.2 Å². The third kappa shape index (κ3) is 5.20. The molecule has 4 rings (SSSR count). The molecular weight excluding hydrogens is 400 g/mol. The highest BCUT2D eigenvalue weighted by Crippen LogP contribution is 2.23. The van der Waals surface area contributed by atoms with Crippen LogP contribution in [0.15, 0.2) is 60.8 Å². The SMILES string of the molecule is Cc1cc2cc(Nc3ccnc(Nc4cccc(CCNS(=O)[O-])c4)n3)ccc2[nH]1. The lowest BCUT2D eigenvalue weighted by atomic mass is 10.1. The molecule has 4 N–H and O–H groups in total. The van der Waals surface area contributed by atoms with Crippen LogP contribution in [-0.2, 0) is 17.7 Å². The van der Waals surface area contributed by atoms with E-state index in [-0.39, 0.29) is 0 Å². The summed E-state index contributed by atoms with van der Waals surface area (Å²) in [4.78, 5) is 12.1. The molecule has 0 amide bonds. The van der Waals surface area contributed by atoms with Crippen LogP contribution in [0.4, 0.5) is 23.1 Å². The van der Waals surface area contributed by atoms with Gasteiger partial charge in [-0.15, -0.1) is 0 Å². The summed E-state index contributed by atoms with van der Waals surface area (Å²) >= 11 is -2.25. The number of nitrogens with one attached hydrogen (secondary N) is 4. The fourth-order valence-electron chi connectivity index (χ4n) is 3.20. The Bertz CT molecular complexity index is 1190. The summed E-state index contributed by atoms with van der Waals surface area (Å²) in [5.41, 5.74) is 4.99. The maximum Gasteiger partial charge on any atom is 0.229 e. The van der Waals surface area contributed by atoms with E-state index in [2.05, 4.69) is 42.4 Å². The maximum atomic E-state index is 10.6. The molecule has 0 spiro atoms. The van der Waals surface area contributed by atoms with Crippen molar-refractivity contribution in [1.29, 1.82) is 0 Å². The van der Waals surface area contributed by atoms with Crippen LogP contribution in [0.3, 0.4) is 0 Å². The summed E-state index contributed by atoms with van der Waals surface area (Å²) in [5.74, 6) is 1.15. The molecule has 154 valence electrons. The molecule has 2 aromatic heterocycles. The van der Waals surface area contributed by atoms with E-state index in [4.69, 9.17) is 0 Å². The minimum absolute atomic E-state index is 0.348. The quantitative estimate of drug-likeness (QED) is 0.322. The van der Waals surface area contributed by atoms with E-state index in [9.17, 15) is 8.76 Å². The van der Waals surface area contributed by atoms with Crippen molar-refractivity contribution in [3.05, 3.63) is 72.1 Å². The van der Waals surface area contributed by atoms with E-state index in [1.807, 2.05) is 49.4 Å². The van der Waals surface area contributed by atoms with E-state index in [0.717, 1.165) is 33.5 Å². The first-order valence-corrected chi connectivity index (χ1v) is 10.5. The predicted molar refractivity (Wildman–Crippen MR) is 119 cm³/mol. The van der Waals surface area contributed by atoms with E-state index < -0.39 is 11.3 Å². The molecule has 0 bridgehead atoms. The summed E-state index contributed by atoms with van der Waals surface area (Å²) in [6, 6.07) is 17.7. The second kappa shape index (κ2) is 9.04. The number of benzene rings is 2. The summed E-state index contributed by atoms with van der Waals surface area (Å²) in [5, 5.41) is 7.64. The average molecular weight is 422 g/mol. The highest BCUT2D eigenvalue weighted by molar-refractivity contribution is 7.77. The number of fused-ring (bicyclic) bond motifs is 1. The number of H-pyrrole nitrogens is 1. The number of aromatic amines is 1. The van der Waals surface area contributed by atoms with Gasteiger partial charge in [-0.1, -0.05) is 12.1 Å². The zero-order chi connectivity index (χ0) is 20.9. The van der Waals surface area contributed by atoms with E-state index in [0.29, 0.717) is 24.7 Å². The Kier molecular flexibility index (Phi) is 6.03. The summed E-state index contributed by atoms with van der Waals surface area (Å²) < 4.78 is 23.5. The number of nitrogens with zero attached hydrogens (tertiary/aromatic N) is 2. The van der Waals surface area contributed by atoms with Crippen molar-refractivity contribution in [3.8, 4) is 0 Å². The smallest absolute Gasteiger partial charge is 0.229 e. The van der Waals surface area contributed by atoms with Crippen molar-refractivity contribution in [2.24, 2.45) is 0 Å². The molecule has 8 nitrogen and oxygen atoms in total. The molecular formula is C21H21N6O2S-. The predicted octanol–water partition coefficient (Wildman–Crippen LogP) is 3.68. The molecule has 1 unspecified atom stereocenters. The first-order chi connectivity index (χ1) is 14.5. The Morgan fingerprint density at radius 3 is 2.80 bits per heavy atom. The normalized spacial score (nSPS) is 12.1. The summed E-state index contributed by atoms with van der Waals surface area (Å²) in [6.07, 6.45) is 2.28. The fourth-order valence-corrected chi connectivity index (χ4v) is 3.47. The third-order valence-electron chi connectivity index (χ3n) is 4.50. The molecule has 2 heterocycles. The zero-order valence-corrected chi connectivity index (χ0v) is 17.1. The van der Waals surface area contributed by atoms with Gasteiger partial charge in [0.2, 0.25) is 5.95 Å². The lowest BCUT2D eigenvalue weighted by molar-refractivity contribution is 0.523. The number of rotatable bonds is 8. The number of hydrogen-bond donors (Lipinski definition) is 4. The van der Waals surface area contributed by atoms with E-state index >= 15 is 0 Å². The minimum atomic E-state index is -2.25. The Labute approximate surface area is 176 Å². The molecule has 0 saturated heterocycles. The molecule has 0 aliphatic heterocycles. The molecule has 30 heavy (non-hydrogen) atoms. The van der Waals surface area contributed by atoms with Crippen LogP contribution in [0.25, 0.3) is 10.9 Å². The van der Waals surface area contributed by atoms with Gasteiger partial charge in [0, 0.05) is 52.0 Å². The molecule has 0 radical (unpaired) electrons. The van der Waals surface area contributed by atoms with Crippen molar-refractivity contribution >= 4 is 45.3 Å². The molecule has 4 aromatic rings. The highest BCUT2D eigenvalue weighted by Gasteiger charge is 2.04. The van der Waals surface area contributed by atoms with Crippen molar-refractivity contribution < 1.29 is 8.76 Å². The van der Waals surface area contributed by atoms with Gasteiger partial charge >= 0.3 is 0 Å². The van der Waals surface area contributed by atoms with Crippen LogP contribution in [0, 0.1) is 6.92 Å². The van der Waals surface area contributed by atoms with Gasteiger partial charge in [-0.05, 0) is 61.4 Å². The van der Waals surface area contributed by atoms with Crippen LogP contribution in [0.1, 0.15) is 11.3 Å². The number of aryl methyl sites for hydroxylation is 1. The average Bonchev–Trinajstić information content (AvgIpc) is 3.08. The second-order valence-corrected chi connectivity index (χ2v) is 7.61. The van der Waals surface area contributed by atoms with Gasteiger partial charge in [0.25, 0.3) is 0 Å². The molecule has 0 fully saturated rings. The first-order valence-electron chi connectivity index (χ1n) is 9.43. The van der Waals surface area contributed by atoms with E-state index in [1.54, 1.807) is 6.20 Å². The number of hydrogen-bond acceptors (Lipinski definition) is 6. The molecule has 2 aromatic carbocycles. The summed E-state index contributed by atoms with van der Waals surface area (Å²) in [6.45, 7) is 2.38. The second-order valence-electron chi connectivity index (χ2n) is 6.85. The standard InChI is InChI=1S/C21H22N6O2S/c1-14-11-16-13-18(5-6-19(16)24-14)25-20-8-9-22-21(27-20)26-17-4-2-3-15(12-17)7-10-23-30(28)29/h2-6,8-9,11-13,23-24H,7,10H2,1H3,(H,28,29)(H2,22,25,26,27)/p-1. The third-order valence-corrected chi connectivity index (χ3v) is 4.94. The van der Waals surface area contributed by atoms with Crippen LogP contribution in [-0.4, -0.2) is 30.3 Å². The van der Waals surface area contributed by atoms with Crippen molar-refractivity contribution in [3.63, 3.8) is 0 Å². The molecule has 0 saturated carbocycles. The maximum absolute atomic E-state index is 10.6. The Morgan fingerprint density at radius 2 is 1.93 bits per heavy atom. The monoisotopic (exact) mass is 421 g/mol. The van der Waals surface area contributed by atoms with Crippen LogP contribution < -0.4 is 15.4 Å². The zero-order valence-electron chi connectivity index (χ0n) is 16.3. The Morgan fingerprint density at radius 1 is 1.07 bits per heavy atom. The first kappa shape index (κ1) is 20.0. The molecule has 9 heteroatoms. The van der Waals surface area contributed by atoms with Gasteiger partial charge < -0.3 is 20.2 Å². The van der Waals surface area contributed by atoms with Crippen LogP contribution >= 0.6 is 0 Å². The van der Waals surface area contributed by atoms with Crippen molar-refractivity contribution in [1.82, 2.24) is 19.7 Å². The van der Waals surface area contributed by atoms with Gasteiger partial charge in [-0.2, -0.15) is 4.98 Å². The van der Waals surface area contributed by atoms with E-state index in [1.165, 1.54) is 0 Å². The van der Waals surface area contributed by atoms with Gasteiger partial charge in [0.05, 0.1) is 0 Å². The molecule has 1 atom stereocenters. The van der Waals surface area contributed by atoms with Gasteiger partial charge in [0.15, 0.2) is 0 Å². The van der Waals surface area contributed by atoms with Crippen LogP contribution in [0.2, 0.25) is 0 Å². The Balaban J connectivity index is 1.44. The minimum Gasteiger partial charge on any atom is -0.760 e. The molecule has 0 aliphatic rings. The molecule has 0 aliphatic carbocycles. The topological polar surface area (TPSA) is 118 Å². The largest absolute Gasteiger partial charge is 0.760 e. The Hall–Kier alpha value is -3.27. The van der Waals surface area contributed by atoms with Gasteiger partial charge in [-0.3, -0.25) is 4.21 Å². The lowest BCUT2D eigenvalue weighted by Crippen LogP contribution is -2.19.